The first kappa shape index (κ1) is 14.8. The summed E-state index contributed by atoms with van der Waals surface area (Å²) in [5.74, 6) is 0.111. The highest BCUT2D eigenvalue weighted by atomic mass is 16.5. The molecule has 0 spiro atoms. The lowest BCUT2D eigenvalue weighted by Crippen LogP contribution is -2.46. The van der Waals surface area contributed by atoms with E-state index in [1.165, 1.54) is 25.9 Å². The van der Waals surface area contributed by atoms with Gasteiger partial charge in [-0.1, -0.05) is 0 Å². The van der Waals surface area contributed by atoms with Gasteiger partial charge in [0.15, 0.2) is 0 Å². The van der Waals surface area contributed by atoms with Crippen molar-refractivity contribution in [3.05, 3.63) is 0 Å². The Kier molecular flexibility index (Phi) is 6.07. The highest BCUT2D eigenvalue weighted by molar-refractivity contribution is 5.78. The van der Waals surface area contributed by atoms with E-state index >= 15 is 0 Å². The summed E-state index contributed by atoms with van der Waals surface area (Å²) < 4.78 is 5.28. The Labute approximate surface area is 116 Å². The minimum atomic E-state index is 0.111. The standard InChI is InChI=1S/C14H27N3O2/c1-12(11-17-6-2-3-7-17)15-10-14(18)16-13-4-8-19-9-5-13/h12-13,15H,2-11H2,1H3,(H,16,18). The Morgan fingerprint density at radius 3 is 2.68 bits per heavy atom. The Bertz CT molecular complexity index is 274. The molecule has 1 atom stereocenters. The molecule has 2 rings (SSSR count). The van der Waals surface area contributed by atoms with Crippen LogP contribution in [0.2, 0.25) is 0 Å². The molecule has 2 fully saturated rings. The minimum Gasteiger partial charge on any atom is -0.381 e. The third kappa shape index (κ3) is 5.47. The predicted octanol–water partition coefficient (Wildman–Crippen LogP) is 0.356. The molecule has 0 saturated carbocycles. The van der Waals surface area contributed by atoms with E-state index in [1.54, 1.807) is 0 Å². The second-order valence-electron chi connectivity index (χ2n) is 5.74. The van der Waals surface area contributed by atoms with Gasteiger partial charge in [0.25, 0.3) is 0 Å². The number of ether oxygens (including phenoxy) is 1. The van der Waals surface area contributed by atoms with Crippen LogP contribution in [-0.4, -0.2) is 62.3 Å². The first-order chi connectivity index (χ1) is 9.24. The van der Waals surface area contributed by atoms with Crippen LogP contribution in [0.3, 0.4) is 0 Å². The molecule has 19 heavy (non-hydrogen) atoms. The maximum absolute atomic E-state index is 11.8. The van der Waals surface area contributed by atoms with Crippen molar-refractivity contribution in [2.24, 2.45) is 0 Å². The highest BCUT2D eigenvalue weighted by Gasteiger charge is 2.17. The van der Waals surface area contributed by atoms with E-state index < -0.39 is 0 Å². The van der Waals surface area contributed by atoms with Crippen molar-refractivity contribution >= 4 is 5.91 Å². The van der Waals surface area contributed by atoms with Crippen LogP contribution in [0, 0.1) is 0 Å². The Balaban J connectivity index is 1.56. The van der Waals surface area contributed by atoms with Gasteiger partial charge in [0.1, 0.15) is 0 Å². The van der Waals surface area contributed by atoms with Crippen molar-refractivity contribution in [2.75, 3.05) is 39.4 Å². The minimum absolute atomic E-state index is 0.111. The average Bonchev–Trinajstić information content (AvgIpc) is 2.90. The lowest BCUT2D eigenvalue weighted by atomic mass is 10.1. The zero-order valence-electron chi connectivity index (χ0n) is 12.0. The van der Waals surface area contributed by atoms with Gasteiger partial charge in [0.05, 0.1) is 6.54 Å². The van der Waals surface area contributed by atoms with Gasteiger partial charge in [0.2, 0.25) is 5.91 Å². The molecule has 2 saturated heterocycles. The first-order valence-corrected chi connectivity index (χ1v) is 7.57. The quantitative estimate of drug-likeness (QED) is 0.731. The molecule has 2 heterocycles. The van der Waals surface area contributed by atoms with E-state index in [1.807, 2.05) is 0 Å². The third-order valence-corrected chi connectivity index (χ3v) is 3.93. The molecule has 1 amide bonds. The lowest BCUT2D eigenvalue weighted by Gasteiger charge is -2.24. The van der Waals surface area contributed by atoms with Crippen LogP contribution >= 0.6 is 0 Å². The number of nitrogens with one attached hydrogen (secondary N) is 2. The Morgan fingerprint density at radius 1 is 1.32 bits per heavy atom. The summed E-state index contributed by atoms with van der Waals surface area (Å²) in [5.41, 5.74) is 0. The van der Waals surface area contributed by atoms with E-state index in [2.05, 4.69) is 22.5 Å². The molecule has 0 radical (unpaired) electrons. The summed E-state index contributed by atoms with van der Waals surface area (Å²) in [7, 11) is 0. The second kappa shape index (κ2) is 7.82. The number of likely N-dealkylation sites (tertiary alicyclic amines) is 1. The maximum Gasteiger partial charge on any atom is 0.234 e. The fraction of sp³-hybridized carbons (Fsp3) is 0.929. The van der Waals surface area contributed by atoms with Gasteiger partial charge in [-0.2, -0.15) is 0 Å². The number of hydrogen-bond acceptors (Lipinski definition) is 4. The average molecular weight is 269 g/mol. The molecule has 0 bridgehead atoms. The van der Waals surface area contributed by atoms with E-state index in [0.717, 1.165) is 32.6 Å². The monoisotopic (exact) mass is 269 g/mol. The first-order valence-electron chi connectivity index (χ1n) is 7.57. The van der Waals surface area contributed by atoms with Gasteiger partial charge in [0, 0.05) is 31.8 Å². The normalized spacial score (nSPS) is 23.4. The summed E-state index contributed by atoms with van der Waals surface area (Å²) in [6.45, 7) is 7.57. The van der Waals surface area contributed by atoms with Gasteiger partial charge >= 0.3 is 0 Å². The number of carbonyl (C=O) groups excluding carboxylic acids is 1. The summed E-state index contributed by atoms with van der Waals surface area (Å²) in [4.78, 5) is 14.3. The van der Waals surface area contributed by atoms with E-state index in [4.69, 9.17) is 4.74 Å². The van der Waals surface area contributed by atoms with Crippen molar-refractivity contribution in [2.45, 2.75) is 44.7 Å². The smallest absolute Gasteiger partial charge is 0.234 e. The molecule has 1 unspecified atom stereocenters. The van der Waals surface area contributed by atoms with Crippen LogP contribution in [0.15, 0.2) is 0 Å². The molecule has 5 nitrogen and oxygen atoms in total. The van der Waals surface area contributed by atoms with Gasteiger partial charge in [-0.05, 0) is 45.7 Å². The topological polar surface area (TPSA) is 53.6 Å². The number of nitrogens with zero attached hydrogens (tertiary/aromatic N) is 1. The van der Waals surface area contributed by atoms with Crippen LogP contribution in [0.5, 0.6) is 0 Å². The summed E-state index contributed by atoms with van der Waals surface area (Å²) in [5, 5.41) is 6.39. The number of hydrogen-bond donors (Lipinski definition) is 2. The summed E-state index contributed by atoms with van der Waals surface area (Å²) in [6.07, 6.45) is 4.51. The number of carbonyl (C=O) groups is 1. The Hall–Kier alpha value is -0.650. The van der Waals surface area contributed by atoms with E-state index in [9.17, 15) is 4.79 Å². The SMILES string of the molecule is CC(CN1CCCC1)NCC(=O)NC1CCOCC1. The van der Waals surface area contributed by atoms with E-state index in [-0.39, 0.29) is 5.91 Å². The predicted molar refractivity (Wildman–Crippen MR) is 75.1 cm³/mol. The molecule has 0 aliphatic carbocycles. The molecule has 2 N–H and O–H groups in total. The summed E-state index contributed by atoms with van der Waals surface area (Å²) in [6, 6.07) is 0.676. The van der Waals surface area contributed by atoms with Crippen molar-refractivity contribution in [1.29, 1.82) is 0 Å². The van der Waals surface area contributed by atoms with Crippen molar-refractivity contribution < 1.29 is 9.53 Å². The van der Waals surface area contributed by atoms with E-state index in [0.29, 0.717) is 18.6 Å². The molecular formula is C14H27N3O2. The third-order valence-electron chi connectivity index (χ3n) is 3.93. The van der Waals surface area contributed by atoms with Crippen molar-refractivity contribution in [1.82, 2.24) is 15.5 Å². The molecule has 0 aromatic carbocycles. The van der Waals surface area contributed by atoms with Gasteiger partial charge < -0.3 is 20.3 Å². The molecule has 0 aromatic rings. The van der Waals surface area contributed by atoms with Gasteiger partial charge in [-0.15, -0.1) is 0 Å². The van der Waals surface area contributed by atoms with Crippen molar-refractivity contribution in [3.63, 3.8) is 0 Å². The van der Waals surface area contributed by atoms with Gasteiger partial charge in [-0.3, -0.25) is 4.79 Å². The zero-order valence-corrected chi connectivity index (χ0v) is 12.0. The molecule has 5 heteroatoms. The van der Waals surface area contributed by atoms with Crippen LogP contribution in [-0.2, 0) is 9.53 Å². The molecule has 110 valence electrons. The molecule has 2 aliphatic rings. The van der Waals surface area contributed by atoms with Crippen LogP contribution in [0.1, 0.15) is 32.6 Å². The van der Waals surface area contributed by atoms with Crippen LogP contribution in [0.25, 0.3) is 0 Å². The Morgan fingerprint density at radius 2 is 2.00 bits per heavy atom. The largest absolute Gasteiger partial charge is 0.381 e. The van der Waals surface area contributed by atoms with Crippen LogP contribution < -0.4 is 10.6 Å². The summed E-state index contributed by atoms with van der Waals surface area (Å²) >= 11 is 0. The zero-order chi connectivity index (χ0) is 13.5. The van der Waals surface area contributed by atoms with Crippen LogP contribution in [0.4, 0.5) is 0 Å². The van der Waals surface area contributed by atoms with Gasteiger partial charge in [-0.25, -0.2) is 0 Å². The second-order valence-corrected chi connectivity index (χ2v) is 5.74. The molecule has 2 aliphatic heterocycles. The molecular weight excluding hydrogens is 242 g/mol. The number of rotatable bonds is 6. The number of amides is 1. The van der Waals surface area contributed by atoms with Crippen molar-refractivity contribution in [3.8, 4) is 0 Å². The maximum atomic E-state index is 11.8. The fourth-order valence-corrected chi connectivity index (χ4v) is 2.80. The lowest BCUT2D eigenvalue weighted by molar-refractivity contribution is -0.121. The molecule has 0 aromatic heterocycles. The highest BCUT2D eigenvalue weighted by Crippen LogP contribution is 2.07. The fourth-order valence-electron chi connectivity index (χ4n) is 2.80.